The number of rotatable bonds is 3. The van der Waals surface area contributed by atoms with Crippen molar-refractivity contribution in [1.29, 1.82) is 0 Å². The maximum atomic E-state index is 10.9. The van der Waals surface area contributed by atoms with Gasteiger partial charge >= 0.3 is 0 Å². The number of alkyl halides is 2. The fourth-order valence-corrected chi connectivity index (χ4v) is 2.58. The van der Waals surface area contributed by atoms with Crippen LogP contribution in [-0.4, -0.2) is 9.94 Å². The van der Waals surface area contributed by atoms with Gasteiger partial charge in [0.05, 0.1) is 0 Å². The Balaban J connectivity index is 2.54. The Morgan fingerprint density at radius 2 is 1.05 bits per heavy atom. The highest BCUT2D eigenvalue weighted by Crippen LogP contribution is 2.38. The summed E-state index contributed by atoms with van der Waals surface area (Å²) in [5.74, 6) is 0. The quantitative estimate of drug-likeness (QED) is 0.779. The highest BCUT2D eigenvalue weighted by atomic mass is 35.5. The van der Waals surface area contributed by atoms with Crippen LogP contribution in [0.4, 0.5) is 0 Å². The molecule has 0 aliphatic carbocycles. The zero-order valence-corrected chi connectivity index (χ0v) is 12.7. The molecule has 0 bridgehead atoms. The van der Waals surface area contributed by atoms with E-state index in [0.717, 1.165) is 0 Å². The van der Waals surface area contributed by atoms with Crippen LogP contribution in [0.5, 0.6) is 0 Å². The molecule has 1 nitrogen and oxygen atoms in total. The first-order chi connectivity index (χ1) is 8.94. The molecule has 0 amide bonds. The Hall–Kier alpha value is -0.440. The van der Waals surface area contributed by atoms with Gasteiger partial charge in [0.15, 0.2) is 0 Å². The molecule has 0 atom stereocenters. The fraction of sp³-hybridized carbons (Fsp3) is 0.143. The Morgan fingerprint density at radius 1 is 0.737 bits per heavy atom. The lowest BCUT2D eigenvalue weighted by molar-refractivity contribution is 0.0957. The Labute approximate surface area is 131 Å². The molecule has 0 unspecified atom stereocenters. The minimum Gasteiger partial charge on any atom is -0.378 e. The third-order valence-corrected chi connectivity index (χ3v) is 4.02. The number of hydrogen-bond donors (Lipinski definition) is 1. The van der Waals surface area contributed by atoms with Crippen LogP contribution in [0.2, 0.25) is 10.0 Å². The predicted molar refractivity (Wildman–Crippen MR) is 81.4 cm³/mol. The summed E-state index contributed by atoms with van der Waals surface area (Å²) in [5.41, 5.74) is -0.387. The molecule has 2 aromatic rings. The molecule has 0 aliphatic rings. The zero-order valence-electron chi connectivity index (χ0n) is 9.66. The van der Waals surface area contributed by atoms with Crippen LogP contribution in [0.15, 0.2) is 48.5 Å². The van der Waals surface area contributed by atoms with Gasteiger partial charge in [-0.3, -0.25) is 0 Å². The molecule has 2 rings (SSSR count). The Kier molecular flexibility index (Phi) is 4.65. The van der Waals surface area contributed by atoms with Crippen molar-refractivity contribution in [3.05, 3.63) is 69.7 Å². The van der Waals surface area contributed by atoms with Crippen molar-refractivity contribution in [1.82, 2.24) is 0 Å². The summed E-state index contributed by atoms with van der Waals surface area (Å²) in [6.45, 7) is 0. The second-order valence-electron chi connectivity index (χ2n) is 4.08. The molecule has 100 valence electrons. The average molecular weight is 336 g/mol. The van der Waals surface area contributed by atoms with Crippen molar-refractivity contribution in [3.8, 4) is 0 Å². The minimum absolute atomic E-state index is 0.564. The first kappa shape index (κ1) is 15.0. The molecule has 0 saturated carbocycles. The van der Waals surface area contributed by atoms with Gasteiger partial charge in [0, 0.05) is 10.0 Å². The lowest BCUT2D eigenvalue weighted by Gasteiger charge is -2.30. The molecular formula is C14H10Cl4O. The predicted octanol–water partition coefficient (Wildman–Crippen LogP) is 5.03. The molecule has 19 heavy (non-hydrogen) atoms. The first-order valence-electron chi connectivity index (χ1n) is 5.47. The van der Waals surface area contributed by atoms with Gasteiger partial charge in [-0.15, -0.1) is 23.2 Å². The van der Waals surface area contributed by atoms with Crippen LogP contribution >= 0.6 is 46.4 Å². The van der Waals surface area contributed by atoms with E-state index in [2.05, 4.69) is 0 Å². The Morgan fingerprint density at radius 3 is 1.32 bits per heavy atom. The van der Waals surface area contributed by atoms with E-state index in [0.29, 0.717) is 21.2 Å². The van der Waals surface area contributed by atoms with Gasteiger partial charge in [-0.2, -0.15) is 0 Å². The van der Waals surface area contributed by atoms with Gasteiger partial charge in [-0.1, -0.05) is 47.5 Å². The second-order valence-corrected chi connectivity index (χ2v) is 6.05. The molecule has 2 aromatic carbocycles. The van der Waals surface area contributed by atoms with Crippen molar-refractivity contribution >= 4 is 46.4 Å². The normalized spacial score (nSPS) is 11.9. The lowest BCUT2D eigenvalue weighted by atomic mass is 9.88. The molecule has 0 radical (unpaired) electrons. The smallest absolute Gasteiger partial charge is 0.145 e. The van der Waals surface area contributed by atoms with Gasteiger partial charge in [0.1, 0.15) is 10.4 Å². The second kappa shape index (κ2) is 5.90. The van der Waals surface area contributed by atoms with Crippen LogP contribution in [0.1, 0.15) is 11.1 Å². The average Bonchev–Trinajstić information content (AvgIpc) is 2.39. The van der Waals surface area contributed by atoms with Crippen LogP contribution in [0.25, 0.3) is 0 Å². The number of hydrogen-bond acceptors (Lipinski definition) is 1. The monoisotopic (exact) mass is 334 g/mol. The lowest BCUT2D eigenvalue weighted by Crippen LogP contribution is -2.34. The summed E-state index contributed by atoms with van der Waals surface area (Å²) in [7, 11) is 0. The van der Waals surface area contributed by atoms with Crippen molar-refractivity contribution in [3.63, 3.8) is 0 Å². The molecule has 1 N–H and O–H groups in total. The molecule has 0 spiro atoms. The van der Waals surface area contributed by atoms with E-state index >= 15 is 0 Å². The topological polar surface area (TPSA) is 20.2 Å². The van der Waals surface area contributed by atoms with E-state index in [-0.39, 0.29) is 0 Å². The van der Waals surface area contributed by atoms with E-state index in [1.165, 1.54) is 0 Å². The van der Waals surface area contributed by atoms with E-state index in [1.54, 1.807) is 48.5 Å². The van der Waals surface area contributed by atoms with E-state index in [4.69, 9.17) is 46.4 Å². The van der Waals surface area contributed by atoms with Crippen molar-refractivity contribution < 1.29 is 5.11 Å². The van der Waals surface area contributed by atoms with Gasteiger partial charge in [-0.05, 0) is 35.4 Å². The largest absolute Gasteiger partial charge is 0.378 e. The van der Waals surface area contributed by atoms with Crippen LogP contribution in [0.3, 0.4) is 0 Å². The molecule has 0 saturated heterocycles. The summed E-state index contributed by atoms with van der Waals surface area (Å²) in [6.07, 6.45) is 0. The fourth-order valence-electron chi connectivity index (χ4n) is 1.83. The van der Waals surface area contributed by atoms with Crippen molar-refractivity contribution in [2.24, 2.45) is 0 Å². The highest BCUT2D eigenvalue weighted by Gasteiger charge is 2.38. The highest BCUT2D eigenvalue weighted by molar-refractivity contribution is 6.45. The summed E-state index contributed by atoms with van der Waals surface area (Å²) in [4.78, 5) is -1.03. The van der Waals surface area contributed by atoms with Crippen molar-refractivity contribution in [2.45, 2.75) is 10.4 Å². The van der Waals surface area contributed by atoms with Crippen LogP contribution in [-0.2, 0) is 5.60 Å². The summed E-state index contributed by atoms with van der Waals surface area (Å²) < 4.78 is 0. The minimum atomic E-state index is -1.52. The Bertz CT molecular complexity index is 503. The summed E-state index contributed by atoms with van der Waals surface area (Å²) in [5, 5.41) is 12.0. The number of aliphatic hydroxyl groups is 1. The molecule has 0 aliphatic heterocycles. The van der Waals surface area contributed by atoms with Crippen LogP contribution in [0, 0.1) is 0 Å². The SMILES string of the molecule is OC(c1ccc(Cl)cc1)(c1ccc(Cl)cc1)C(Cl)Cl. The van der Waals surface area contributed by atoms with Gasteiger partial charge in [0.2, 0.25) is 0 Å². The summed E-state index contributed by atoms with van der Waals surface area (Å²) >= 11 is 23.7. The number of benzene rings is 2. The molecular weight excluding hydrogens is 326 g/mol. The maximum absolute atomic E-state index is 10.9. The molecule has 5 heteroatoms. The van der Waals surface area contributed by atoms with Crippen molar-refractivity contribution in [2.75, 3.05) is 0 Å². The standard InChI is InChI=1S/C14H10Cl4O/c15-11-5-1-9(2-6-11)14(19,13(17)18)10-3-7-12(16)8-4-10/h1-8,13,19H. The third kappa shape index (κ3) is 3.01. The van der Waals surface area contributed by atoms with E-state index < -0.39 is 10.4 Å². The first-order valence-corrected chi connectivity index (χ1v) is 7.10. The van der Waals surface area contributed by atoms with Gasteiger partial charge < -0.3 is 5.11 Å². The molecule has 0 heterocycles. The van der Waals surface area contributed by atoms with E-state index in [1.807, 2.05) is 0 Å². The zero-order chi connectivity index (χ0) is 14.0. The molecule has 0 aromatic heterocycles. The van der Waals surface area contributed by atoms with Gasteiger partial charge in [-0.25, -0.2) is 0 Å². The molecule has 0 fully saturated rings. The summed E-state index contributed by atoms with van der Waals surface area (Å²) in [6, 6.07) is 13.5. The maximum Gasteiger partial charge on any atom is 0.145 e. The third-order valence-electron chi connectivity index (χ3n) is 2.88. The number of halogens is 4. The van der Waals surface area contributed by atoms with Gasteiger partial charge in [0.25, 0.3) is 0 Å². The van der Waals surface area contributed by atoms with Crippen LogP contribution < -0.4 is 0 Å². The van der Waals surface area contributed by atoms with E-state index in [9.17, 15) is 5.11 Å².